The van der Waals surface area contributed by atoms with Crippen molar-refractivity contribution in [1.82, 2.24) is 15.3 Å². The minimum Gasteiger partial charge on any atom is -0.342 e. The number of amides is 1. The molecule has 8 heteroatoms. The van der Waals surface area contributed by atoms with Crippen molar-refractivity contribution >= 4 is 34.2 Å². The number of hydrogen-bond acceptors (Lipinski definition) is 4. The lowest BCUT2D eigenvalue weighted by molar-refractivity contribution is -0.385. The fourth-order valence-electron chi connectivity index (χ4n) is 2.74. The molecule has 1 unspecified atom stereocenters. The van der Waals surface area contributed by atoms with Crippen molar-refractivity contribution in [2.45, 2.75) is 19.9 Å². The number of benzene rings is 2. The number of aromatic nitrogens is 2. The van der Waals surface area contributed by atoms with Crippen molar-refractivity contribution in [3.63, 3.8) is 0 Å². The molecule has 0 fully saturated rings. The summed E-state index contributed by atoms with van der Waals surface area (Å²) in [5.41, 5.74) is 1.28. The maximum atomic E-state index is 12.7. The fraction of sp³-hybridized carbons (Fsp3) is 0.222. The van der Waals surface area contributed by atoms with Crippen LogP contribution in [0.3, 0.4) is 0 Å². The van der Waals surface area contributed by atoms with Crippen molar-refractivity contribution < 1.29 is 9.72 Å². The molecule has 134 valence electrons. The first-order chi connectivity index (χ1) is 12.4. The van der Waals surface area contributed by atoms with Crippen LogP contribution in [0.15, 0.2) is 42.5 Å². The van der Waals surface area contributed by atoms with E-state index in [1.807, 2.05) is 38.1 Å². The van der Waals surface area contributed by atoms with E-state index < -0.39 is 16.9 Å². The van der Waals surface area contributed by atoms with Crippen LogP contribution in [0, 0.1) is 16.0 Å². The van der Waals surface area contributed by atoms with E-state index in [0.717, 1.165) is 11.0 Å². The highest BCUT2D eigenvalue weighted by atomic mass is 35.5. The maximum absolute atomic E-state index is 12.7. The molecule has 0 saturated heterocycles. The monoisotopic (exact) mass is 372 g/mol. The van der Waals surface area contributed by atoms with Gasteiger partial charge in [0.05, 0.1) is 22.0 Å². The maximum Gasteiger partial charge on any atom is 0.283 e. The van der Waals surface area contributed by atoms with Crippen LogP contribution in [-0.4, -0.2) is 20.8 Å². The van der Waals surface area contributed by atoms with E-state index in [1.54, 1.807) is 0 Å². The third-order valence-electron chi connectivity index (χ3n) is 4.06. The second-order valence-corrected chi connectivity index (χ2v) is 6.69. The first-order valence-electron chi connectivity index (χ1n) is 8.06. The van der Waals surface area contributed by atoms with Crippen LogP contribution < -0.4 is 5.32 Å². The van der Waals surface area contributed by atoms with Gasteiger partial charge in [-0.25, -0.2) is 4.98 Å². The minimum atomic E-state index is -0.619. The Morgan fingerprint density at radius 2 is 2.00 bits per heavy atom. The van der Waals surface area contributed by atoms with Crippen molar-refractivity contribution in [2.75, 3.05) is 0 Å². The van der Waals surface area contributed by atoms with E-state index in [-0.39, 0.29) is 22.2 Å². The molecular weight excluding hydrogens is 356 g/mol. The summed E-state index contributed by atoms with van der Waals surface area (Å²) in [6.07, 6.45) is 0. The average Bonchev–Trinajstić information content (AvgIpc) is 3.02. The predicted molar refractivity (Wildman–Crippen MR) is 99.2 cm³/mol. The average molecular weight is 373 g/mol. The molecule has 7 nitrogen and oxygen atoms in total. The Kier molecular flexibility index (Phi) is 4.90. The van der Waals surface area contributed by atoms with Gasteiger partial charge in [-0.05, 0) is 30.2 Å². The van der Waals surface area contributed by atoms with Gasteiger partial charge < -0.3 is 10.3 Å². The molecule has 0 saturated carbocycles. The third kappa shape index (κ3) is 3.52. The summed E-state index contributed by atoms with van der Waals surface area (Å²) in [5, 5.41) is 14.3. The van der Waals surface area contributed by atoms with Gasteiger partial charge >= 0.3 is 0 Å². The molecule has 1 aromatic heterocycles. The molecule has 0 spiro atoms. The number of nitro groups is 1. The van der Waals surface area contributed by atoms with Crippen molar-refractivity contribution in [1.29, 1.82) is 0 Å². The number of aromatic amines is 1. The van der Waals surface area contributed by atoms with E-state index in [1.165, 1.54) is 18.2 Å². The van der Waals surface area contributed by atoms with Crippen molar-refractivity contribution in [3.8, 4) is 0 Å². The molecule has 0 radical (unpaired) electrons. The number of hydrogen-bond donors (Lipinski definition) is 2. The number of nitrogens with zero attached hydrogens (tertiary/aromatic N) is 2. The highest BCUT2D eigenvalue weighted by Crippen LogP contribution is 2.26. The fourth-order valence-corrected chi connectivity index (χ4v) is 2.90. The van der Waals surface area contributed by atoms with E-state index in [9.17, 15) is 14.9 Å². The SMILES string of the molecule is CC(C)C(NC(=O)c1ccc(Cl)cc1[N+](=O)[O-])c1nc2ccccc2[nH]1. The van der Waals surface area contributed by atoms with Gasteiger partial charge in [-0.2, -0.15) is 0 Å². The van der Waals surface area contributed by atoms with Crippen LogP contribution in [0.2, 0.25) is 5.02 Å². The van der Waals surface area contributed by atoms with Crippen molar-refractivity contribution in [2.24, 2.45) is 5.92 Å². The zero-order valence-electron chi connectivity index (χ0n) is 14.2. The van der Waals surface area contributed by atoms with Crippen LogP contribution in [0.25, 0.3) is 11.0 Å². The van der Waals surface area contributed by atoms with Crippen LogP contribution in [0.4, 0.5) is 5.69 Å². The summed E-state index contributed by atoms with van der Waals surface area (Å²) in [5.74, 6) is 0.0737. The number of carbonyl (C=O) groups is 1. The Morgan fingerprint density at radius 3 is 2.65 bits per heavy atom. The molecule has 2 aromatic carbocycles. The predicted octanol–water partition coefficient (Wildman–Crippen LogP) is 4.25. The third-order valence-corrected chi connectivity index (χ3v) is 4.29. The Bertz CT molecular complexity index is 950. The molecule has 2 N–H and O–H groups in total. The zero-order chi connectivity index (χ0) is 18.8. The highest BCUT2D eigenvalue weighted by Gasteiger charge is 2.26. The molecule has 1 atom stereocenters. The summed E-state index contributed by atoms with van der Waals surface area (Å²) in [7, 11) is 0. The number of H-pyrrole nitrogens is 1. The molecule has 0 bridgehead atoms. The zero-order valence-corrected chi connectivity index (χ0v) is 14.9. The summed E-state index contributed by atoms with van der Waals surface area (Å²) in [6.45, 7) is 3.88. The van der Waals surface area contributed by atoms with Gasteiger partial charge in [0.15, 0.2) is 0 Å². The molecule has 0 aliphatic heterocycles. The van der Waals surface area contributed by atoms with Crippen LogP contribution in [0.5, 0.6) is 0 Å². The van der Waals surface area contributed by atoms with Crippen LogP contribution in [-0.2, 0) is 0 Å². The molecule has 3 rings (SSSR count). The van der Waals surface area contributed by atoms with Gasteiger partial charge in [0.2, 0.25) is 0 Å². The van der Waals surface area contributed by atoms with Gasteiger partial charge in [0, 0.05) is 11.1 Å². The minimum absolute atomic E-state index is 0.0193. The molecular formula is C18H17ClN4O3. The van der Waals surface area contributed by atoms with Crippen LogP contribution in [0.1, 0.15) is 36.1 Å². The van der Waals surface area contributed by atoms with E-state index in [0.29, 0.717) is 5.82 Å². The van der Waals surface area contributed by atoms with Crippen LogP contribution >= 0.6 is 11.6 Å². The Labute approximate surface area is 154 Å². The lowest BCUT2D eigenvalue weighted by Gasteiger charge is -2.20. The topological polar surface area (TPSA) is 101 Å². The number of para-hydroxylation sites is 2. The Morgan fingerprint density at radius 1 is 1.27 bits per heavy atom. The lowest BCUT2D eigenvalue weighted by atomic mass is 10.0. The Hall–Kier alpha value is -2.93. The smallest absolute Gasteiger partial charge is 0.283 e. The second kappa shape index (κ2) is 7.13. The molecule has 0 aliphatic carbocycles. The summed E-state index contributed by atoms with van der Waals surface area (Å²) >= 11 is 5.81. The van der Waals surface area contributed by atoms with Gasteiger partial charge in [-0.1, -0.05) is 37.6 Å². The number of nitro benzene ring substituents is 1. The first kappa shape index (κ1) is 17.9. The summed E-state index contributed by atoms with van der Waals surface area (Å²) in [6, 6.07) is 11.1. The number of imidazole rings is 1. The summed E-state index contributed by atoms with van der Waals surface area (Å²) in [4.78, 5) is 31.0. The van der Waals surface area contributed by atoms with E-state index in [2.05, 4.69) is 15.3 Å². The molecule has 1 amide bonds. The molecule has 1 heterocycles. The van der Waals surface area contributed by atoms with Gasteiger partial charge in [-0.3, -0.25) is 14.9 Å². The highest BCUT2D eigenvalue weighted by molar-refractivity contribution is 6.31. The lowest BCUT2D eigenvalue weighted by Crippen LogP contribution is -2.32. The first-order valence-corrected chi connectivity index (χ1v) is 8.44. The van der Waals surface area contributed by atoms with Crippen molar-refractivity contribution in [3.05, 3.63) is 69.0 Å². The number of nitrogens with one attached hydrogen (secondary N) is 2. The molecule has 26 heavy (non-hydrogen) atoms. The summed E-state index contributed by atoms with van der Waals surface area (Å²) < 4.78 is 0. The standard InChI is InChI=1S/C18H17ClN4O3/c1-10(2)16(17-20-13-5-3-4-6-14(13)21-17)22-18(24)12-8-7-11(19)9-15(12)23(25)26/h3-10,16H,1-2H3,(H,20,21)(H,22,24). The number of fused-ring (bicyclic) bond motifs is 1. The second-order valence-electron chi connectivity index (χ2n) is 6.25. The van der Waals surface area contributed by atoms with Gasteiger partial charge in [0.1, 0.15) is 11.4 Å². The molecule has 3 aromatic rings. The quantitative estimate of drug-likeness (QED) is 0.516. The number of carbonyl (C=O) groups excluding carboxylic acids is 1. The molecule has 0 aliphatic rings. The normalized spacial score (nSPS) is 12.3. The number of halogens is 1. The van der Waals surface area contributed by atoms with E-state index >= 15 is 0 Å². The van der Waals surface area contributed by atoms with Gasteiger partial charge in [-0.15, -0.1) is 0 Å². The number of rotatable bonds is 5. The van der Waals surface area contributed by atoms with E-state index in [4.69, 9.17) is 11.6 Å². The largest absolute Gasteiger partial charge is 0.342 e. The van der Waals surface area contributed by atoms with Gasteiger partial charge in [0.25, 0.3) is 11.6 Å². The Balaban J connectivity index is 1.94.